The Balaban J connectivity index is 2.17. The number of carbonyl (C=O) groups excluding carboxylic acids is 3. The summed E-state index contributed by atoms with van der Waals surface area (Å²) in [7, 11) is 1.25. The standard InChI is InChI=1S/C8H12N4O4/c1-3(6(13)16-2)12-5-4(10-8(12)15)9-7(14)11-5/h3-5H,1-2H3,(H,10,15)(H2,9,11,14)/t3-,4+,5+/m0/s1. The number of hydrogen-bond donors (Lipinski definition) is 3. The minimum atomic E-state index is -0.750. The third-order valence-electron chi connectivity index (χ3n) is 2.65. The molecule has 3 atom stereocenters. The van der Waals surface area contributed by atoms with E-state index in [0.29, 0.717) is 0 Å². The van der Waals surface area contributed by atoms with Crippen LogP contribution in [0.3, 0.4) is 0 Å². The van der Waals surface area contributed by atoms with E-state index >= 15 is 0 Å². The highest BCUT2D eigenvalue weighted by molar-refractivity contribution is 5.88. The van der Waals surface area contributed by atoms with Gasteiger partial charge in [0.05, 0.1) is 7.11 Å². The maximum atomic E-state index is 11.6. The second-order valence-electron chi connectivity index (χ2n) is 3.60. The fraction of sp³-hybridized carbons (Fsp3) is 0.625. The number of nitrogens with zero attached hydrogens (tertiary/aromatic N) is 1. The van der Waals surface area contributed by atoms with E-state index in [-0.39, 0.29) is 6.03 Å². The number of amides is 4. The van der Waals surface area contributed by atoms with E-state index in [2.05, 4.69) is 20.7 Å². The van der Waals surface area contributed by atoms with Gasteiger partial charge in [0.2, 0.25) is 0 Å². The van der Waals surface area contributed by atoms with Gasteiger partial charge in [-0.05, 0) is 6.92 Å². The Morgan fingerprint density at radius 3 is 2.69 bits per heavy atom. The average Bonchev–Trinajstić information content (AvgIpc) is 2.70. The number of carbonyl (C=O) groups is 3. The summed E-state index contributed by atoms with van der Waals surface area (Å²) in [5.74, 6) is -0.531. The van der Waals surface area contributed by atoms with Crippen LogP contribution < -0.4 is 16.0 Å². The number of methoxy groups -OCH3 is 1. The van der Waals surface area contributed by atoms with Crippen molar-refractivity contribution in [1.29, 1.82) is 0 Å². The Labute approximate surface area is 91.3 Å². The van der Waals surface area contributed by atoms with Crippen LogP contribution in [-0.2, 0) is 9.53 Å². The number of ether oxygens (including phenoxy) is 1. The van der Waals surface area contributed by atoms with Gasteiger partial charge in [-0.15, -0.1) is 0 Å². The van der Waals surface area contributed by atoms with Crippen LogP contribution in [0.25, 0.3) is 0 Å². The Morgan fingerprint density at radius 1 is 1.38 bits per heavy atom. The molecule has 0 aliphatic carbocycles. The third kappa shape index (κ3) is 1.42. The van der Waals surface area contributed by atoms with Crippen LogP contribution in [0.2, 0.25) is 0 Å². The van der Waals surface area contributed by atoms with Crippen molar-refractivity contribution in [3.63, 3.8) is 0 Å². The number of nitrogens with one attached hydrogen (secondary N) is 3. The molecule has 2 fully saturated rings. The lowest BCUT2D eigenvalue weighted by atomic mass is 10.2. The minimum Gasteiger partial charge on any atom is -0.467 e. The lowest BCUT2D eigenvalue weighted by molar-refractivity contribution is -0.145. The van der Waals surface area contributed by atoms with Gasteiger partial charge in [-0.25, -0.2) is 14.4 Å². The molecule has 2 heterocycles. The first-order valence-corrected chi connectivity index (χ1v) is 4.78. The zero-order valence-electron chi connectivity index (χ0n) is 8.81. The van der Waals surface area contributed by atoms with Gasteiger partial charge in [0.1, 0.15) is 18.4 Å². The second-order valence-corrected chi connectivity index (χ2v) is 3.60. The molecule has 16 heavy (non-hydrogen) atoms. The molecular weight excluding hydrogens is 216 g/mol. The van der Waals surface area contributed by atoms with Crippen LogP contribution in [0, 0.1) is 0 Å². The van der Waals surface area contributed by atoms with Crippen LogP contribution in [0.5, 0.6) is 0 Å². The molecule has 0 aromatic heterocycles. The molecule has 0 saturated carbocycles. The Hall–Kier alpha value is -1.99. The second kappa shape index (κ2) is 3.54. The molecule has 0 bridgehead atoms. The summed E-state index contributed by atoms with van der Waals surface area (Å²) >= 11 is 0. The zero-order valence-corrected chi connectivity index (χ0v) is 8.81. The SMILES string of the molecule is COC(=O)[C@H](C)N1C(=O)N[C@H]2NC(=O)N[C@@H]21. The molecule has 0 unspecified atom stereocenters. The molecule has 2 rings (SSSR count). The number of esters is 1. The van der Waals surface area contributed by atoms with Crippen LogP contribution in [0.15, 0.2) is 0 Å². The molecular formula is C8H12N4O4. The summed E-state index contributed by atoms with van der Waals surface area (Å²) in [5.41, 5.74) is 0. The van der Waals surface area contributed by atoms with E-state index in [1.54, 1.807) is 0 Å². The third-order valence-corrected chi connectivity index (χ3v) is 2.65. The topological polar surface area (TPSA) is 99.8 Å². The molecule has 0 aromatic carbocycles. The maximum Gasteiger partial charge on any atom is 0.328 e. The Morgan fingerprint density at radius 2 is 2.06 bits per heavy atom. The highest BCUT2D eigenvalue weighted by Gasteiger charge is 2.48. The van der Waals surface area contributed by atoms with E-state index in [1.165, 1.54) is 18.9 Å². The number of hydrogen-bond acceptors (Lipinski definition) is 4. The van der Waals surface area contributed by atoms with Crippen LogP contribution in [0.1, 0.15) is 6.92 Å². The summed E-state index contributed by atoms with van der Waals surface area (Å²) in [4.78, 5) is 35.2. The van der Waals surface area contributed by atoms with E-state index in [1.807, 2.05) is 0 Å². The highest BCUT2D eigenvalue weighted by atomic mass is 16.5. The van der Waals surface area contributed by atoms with Crippen molar-refractivity contribution in [3.8, 4) is 0 Å². The van der Waals surface area contributed by atoms with Gasteiger partial charge in [0.15, 0.2) is 0 Å². The van der Waals surface area contributed by atoms with Crippen molar-refractivity contribution in [1.82, 2.24) is 20.9 Å². The van der Waals surface area contributed by atoms with Crippen LogP contribution >= 0.6 is 0 Å². The Bertz CT molecular complexity index is 358. The van der Waals surface area contributed by atoms with Crippen molar-refractivity contribution in [2.75, 3.05) is 7.11 Å². The summed E-state index contributed by atoms with van der Waals surface area (Å²) in [5, 5.41) is 7.59. The quantitative estimate of drug-likeness (QED) is 0.503. The van der Waals surface area contributed by atoms with Gasteiger partial charge in [-0.3, -0.25) is 4.90 Å². The van der Waals surface area contributed by atoms with Gasteiger partial charge in [-0.1, -0.05) is 0 Å². The maximum absolute atomic E-state index is 11.6. The van der Waals surface area contributed by atoms with Crippen molar-refractivity contribution in [3.05, 3.63) is 0 Å². The molecule has 8 nitrogen and oxygen atoms in total. The monoisotopic (exact) mass is 228 g/mol. The molecule has 0 aromatic rings. The number of rotatable bonds is 2. The summed E-state index contributed by atoms with van der Waals surface area (Å²) < 4.78 is 4.55. The highest BCUT2D eigenvalue weighted by Crippen LogP contribution is 2.17. The molecule has 0 radical (unpaired) electrons. The molecule has 4 amide bonds. The molecule has 0 spiro atoms. The molecule has 2 aliphatic rings. The van der Waals surface area contributed by atoms with Gasteiger partial charge in [0, 0.05) is 0 Å². The predicted molar refractivity (Wildman–Crippen MR) is 51.1 cm³/mol. The van der Waals surface area contributed by atoms with Gasteiger partial charge >= 0.3 is 18.0 Å². The molecule has 88 valence electrons. The van der Waals surface area contributed by atoms with E-state index in [4.69, 9.17) is 0 Å². The summed E-state index contributed by atoms with van der Waals surface area (Å²) in [6, 6.07) is -1.54. The first-order chi connectivity index (χ1) is 7.54. The summed E-state index contributed by atoms with van der Waals surface area (Å²) in [6.45, 7) is 1.54. The fourth-order valence-corrected chi connectivity index (χ4v) is 1.86. The largest absolute Gasteiger partial charge is 0.467 e. The lowest BCUT2D eigenvalue weighted by Crippen LogP contribution is -2.51. The Kier molecular flexibility index (Phi) is 2.33. The van der Waals surface area contributed by atoms with Gasteiger partial charge in [-0.2, -0.15) is 0 Å². The molecule has 2 saturated heterocycles. The predicted octanol–water partition coefficient (Wildman–Crippen LogP) is -1.46. The van der Waals surface area contributed by atoms with Crippen molar-refractivity contribution in [2.24, 2.45) is 0 Å². The first-order valence-electron chi connectivity index (χ1n) is 4.78. The van der Waals surface area contributed by atoms with Gasteiger partial charge < -0.3 is 20.7 Å². The first kappa shape index (κ1) is 10.5. The molecule has 3 N–H and O–H groups in total. The van der Waals surface area contributed by atoms with E-state index in [9.17, 15) is 14.4 Å². The number of urea groups is 2. The molecule has 2 aliphatic heterocycles. The van der Waals surface area contributed by atoms with Crippen LogP contribution in [-0.4, -0.2) is 48.4 Å². The summed E-state index contributed by atoms with van der Waals surface area (Å²) in [6.07, 6.45) is -1.07. The van der Waals surface area contributed by atoms with Crippen molar-refractivity contribution >= 4 is 18.0 Å². The minimum absolute atomic E-state index is 0.378. The van der Waals surface area contributed by atoms with Gasteiger partial charge in [0.25, 0.3) is 0 Å². The molecule has 8 heteroatoms. The zero-order chi connectivity index (χ0) is 11.9. The van der Waals surface area contributed by atoms with Crippen molar-refractivity contribution in [2.45, 2.75) is 25.3 Å². The number of fused-ring (bicyclic) bond motifs is 1. The normalized spacial score (nSPS) is 29.0. The fourth-order valence-electron chi connectivity index (χ4n) is 1.86. The lowest BCUT2D eigenvalue weighted by Gasteiger charge is -2.25. The van der Waals surface area contributed by atoms with Crippen molar-refractivity contribution < 1.29 is 19.1 Å². The van der Waals surface area contributed by atoms with E-state index in [0.717, 1.165) is 0 Å². The van der Waals surface area contributed by atoms with Crippen LogP contribution in [0.4, 0.5) is 9.59 Å². The smallest absolute Gasteiger partial charge is 0.328 e. The average molecular weight is 228 g/mol. The van der Waals surface area contributed by atoms with E-state index < -0.39 is 30.4 Å².